The van der Waals surface area contributed by atoms with Crippen molar-refractivity contribution in [3.05, 3.63) is 66.4 Å². The minimum atomic E-state index is -0.664. The molecule has 0 spiro atoms. The number of hydroxylamine groups is 1. The summed E-state index contributed by atoms with van der Waals surface area (Å²) in [6.45, 7) is 2.67. The molecular weight excluding hydrogens is 320 g/mol. The van der Waals surface area contributed by atoms with Gasteiger partial charge in [-0.25, -0.2) is 10.5 Å². The van der Waals surface area contributed by atoms with Crippen LogP contribution in [0.4, 0.5) is 0 Å². The molecule has 0 bridgehead atoms. The molecule has 7 nitrogen and oxygen atoms in total. The van der Waals surface area contributed by atoms with Gasteiger partial charge in [-0.05, 0) is 30.7 Å². The van der Waals surface area contributed by atoms with E-state index in [1.54, 1.807) is 17.7 Å². The fraction of sp³-hybridized carbons (Fsp3) is 0.222. The average Bonchev–Trinajstić information content (AvgIpc) is 3.33. The second-order valence-electron chi connectivity index (χ2n) is 5.63. The van der Waals surface area contributed by atoms with Gasteiger partial charge in [-0.3, -0.25) is 10.0 Å². The lowest BCUT2D eigenvalue weighted by Crippen LogP contribution is -2.17. The molecule has 3 N–H and O–H groups in total. The summed E-state index contributed by atoms with van der Waals surface area (Å²) in [5.41, 5.74) is 3.60. The van der Waals surface area contributed by atoms with Crippen LogP contribution < -0.4 is 10.8 Å². The number of hydrogen-bond acceptors (Lipinski definition) is 5. The predicted molar refractivity (Wildman–Crippen MR) is 91.9 cm³/mol. The van der Waals surface area contributed by atoms with Gasteiger partial charge in [0.15, 0.2) is 5.76 Å². The van der Waals surface area contributed by atoms with Gasteiger partial charge in [0.1, 0.15) is 5.76 Å². The van der Waals surface area contributed by atoms with E-state index in [0.717, 1.165) is 31.6 Å². The van der Waals surface area contributed by atoms with Crippen LogP contribution in [0.2, 0.25) is 0 Å². The van der Waals surface area contributed by atoms with E-state index in [-0.39, 0.29) is 5.76 Å². The Kier molecular flexibility index (Phi) is 5.61. The molecule has 3 rings (SSSR count). The minimum Gasteiger partial charge on any atom is -0.451 e. The van der Waals surface area contributed by atoms with E-state index in [1.807, 2.05) is 36.8 Å². The maximum Gasteiger partial charge on any atom is 0.310 e. The highest BCUT2D eigenvalue weighted by Gasteiger charge is 2.11. The van der Waals surface area contributed by atoms with Crippen molar-refractivity contribution in [3.63, 3.8) is 0 Å². The molecule has 3 aromatic rings. The number of aryl methyl sites for hydroxylation is 1. The monoisotopic (exact) mass is 340 g/mol. The van der Waals surface area contributed by atoms with E-state index >= 15 is 0 Å². The number of carbonyl (C=O) groups excluding carboxylic acids is 1. The maximum absolute atomic E-state index is 11.3. The first-order valence-electron chi connectivity index (χ1n) is 8.06. The van der Waals surface area contributed by atoms with Crippen molar-refractivity contribution >= 4 is 5.91 Å². The molecule has 0 fully saturated rings. The average molecular weight is 340 g/mol. The third-order valence-corrected chi connectivity index (χ3v) is 3.83. The standard InChI is InChI=1S/C18H20N4O3/c23-18(21-24)17-7-6-16(25-17)15-4-2-14(3-5-15)12-19-8-1-10-22-11-9-20-13-22/h2-7,9,11,13,19,24H,1,8,10,12H2,(H,21,23). The molecule has 0 aliphatic rings. The Morgan fingerprint density at radius 3 is 2.76 bits per heavy atom. The van der Waals surface area contributed by atoms with Gasteiger partial charge in [-0.2, -0.15) is 0 Å². The van der Waals surface area contributed by atoms with Gasteiger partial charge in [0.25, 0.3) is 0 Å². The van der Waals surface area contributed by atoms with Gasteiger partial charge in [-0.1, -0.05) is 24.3 Å². The summed E-state index contributed by atoms with van der Waals surface area (Å²) in [5, 5.41) is 12.0. The molecule has 1 amide bonds. The molecule has 2 aromatic heterocycles. The van der Waals surface area contributed by atoms with E-state index in [9.17, 15) is 4.79 Å². The molecule has 0 radical (unpaired) electrons. The number of carbonyl (C=O) groups is 1. The van der Waals surface area contributed by atoms with Gasteiger partial charge in [0, 0.05) is 31.0 Å². The summed E-state index contributed by atoms with van der Waals surface area (Å²) >= 11 is 0. The summed E-state index contributed by atoms with van der Waals surface area (Å²) in [5.74, 6) is -0.0117. The first-order chi connectivity index (χ1) is 12.3. The summed E-state index contributed by atoms with van der Waals surface area (Å²) < 4.78 is 7.48. The van der Waals surface area contributed by atoms with Gasteiger partial charge in [0.05, 0.1) is 6.33 Å². The quantitative estimate of drug-likeness (QED) is 0.333. The third kappa shape index (κ3) is 4.56. The number of nitrogens with one attached hydrogen (secondary N) is 2. The Bertz CT molecular complexity index is 794. The van der Waals surface area contributed by atoms with Crippen molar-refractivity contribution in [1.82, 2.24) is 20.3 Å². The normalized spacial score (nSPS) is 10.8. The zero-order chi connectivity index (χ0) is 17.5. The Balaban J connectivity index is 1.47. The van der Waals surface area contributed by atoms with Gasteiger partial charge < -0.3 is 14.3 Å². The Morgan fingerprint density at radius 1 is 1.20 bits per heavy atom. The molecular formula is C18H20N4O3. The largest absolute Gasteiger partial charge is 0.451 e. The van der Waals surface area contributed by atoms with Crippen molar-refractivity contribution < 1.29 is 14.4 Å². The number of rotatable bonds is 8. The van der Waals surface area contributed by atoms with Crippen molar-refractivity contribution in [2.75, 3.05) is 6.54 Å². The lowest BCUT2D eigenvalue weighted by atomic mass is 10.1. The highest BCUT2D eigenvalue weighted by atomic mass is 16.5. The zero-order valence-electron chi connectivity index (χ0n) is 13.7. The molecule has 0 unspecified atom stereocenters. The molecule has 25 heavy (non-hydrogen) atoms. The number of nitrogens with zero attached hydrogens (tertiary/aromatic N) is 2. The van der Waals surface area contributed by atoms with Gasteiger partial charge in [0.2, 0.25) is 0 Å². The van der Waals surface area contributed by atoms with Crippen LogP contribution in [-0.2, 0) is 13.1 Å². The number of imidazole rings is 1. The molecule has 2 heterocycles. The summed E-state index contributed by atoms with van der Waals surface area (Å²) in [6.07, 6.45) is 6.61. The van der Waals surface area contributed by atoms with Gasteiger partial charge >= 0.3 is 5.91 Å². The molecule has 0 saturated heterocycles. The van der Waals surface area contributed by atoms with Gasteiger partial charge in [-0.15, -0.1) is 0 Å². The summed E-state index contributed by atoms with van der Waals surface area (Å²) in [6, 6.07) is 11.2. The second-order valence-corrected chi connectivity index (χ2v) is 5.63. The summed E-state index contributed by atoms with van der Waals surface area (Å²) in [4.78, 5) is 15.3. The van der Waals surface area contributed by atoms with E-state index in [2.05, 4.69) is 14.9 Å². The first-order valence-corrected chi connectivity index (χ1v) is 8.06. The van der Waals surface area contributed by atoms with Crippen LogP contribution in [0, 0.1) is 0 Å². The fourth-order valence-electron chi connectivity index (χ4n) is 2.50. The maximum atomic E-state index is 11.3. The highest BCUT2D eigenvalue weighted by molar-refractivity contribution is 5.91. The molecule has 130 valence electrons. The van der Waals surface area contributed by atoms with Crippen LogP contribution in [0.3, 0.4) is 0 Å². The second kappa shape index (κ2) is 8.27. The van der Waals surface area contributed by atoms with Crippen LogP contribution >= 0.6 is 0 Å². The number of aromatic nitrogens is 2. The Morgan fingerprint density at radius 2 is 2.04 bits per heavy atom. The predicted octanol–water partition coefficient (Wildman–Crippen LogP) is 2.44. The van der Waals surface area contributed by atoms with Crippen molar-refractivity contribution in [2.24, 2.45) is 0 Å². The third-order valence-electron chi connectivity index (χ3n) is 3.83. The summed E-state index contributed by atoms with van der Waals surface area (Å²) in [7, 11) is 0. The number of hydrogen-bond donors (Lipinski definition) is 3. The molecule has 7 heteroatoms. The molecule has 0 aliphatic heterocycles. The van der Waals surface area contributed by atoms with Crippen LogP contribution in [0.1, 0.15) is 22.5 Å². The molecule has 0 saturated carbocycles. The lowest BCUT2D eigenvalue weighted by molar-refractivity contribution is 0.0677. The number of benzene rings is 1. The Hall–Kier alpha value is -2.90. The van der Waals surface area contributed by atoms with E-state index in [1.165, 1.54) is 11.6 Å². The first kappa shape index (κ1) is 16.9. The van der Waals surface area contributed by atoms with Crippen LogP contribution in [-0.4, -0.2) is 27.2 Å². The van der Waals surface area contributed by atoms with Crippen LogP contribution in [0.15, 0.2) is 59.5 Å². The van der Waals surface area contributed by atoms with Crippen molar-refractivity contribution in [1.29, 1.82) is 0 Å². The van der Waals surface area contributed by atoms with Crippen LogP contribution in [0.5, 0.6) is 0 Å². The van der Waals surface area contributed by atoms with Crippen LogP contribution in [0.25, 0.3) is 11.3 Å². The van der Waals surface area contributed by atoms with Crippen molar-refractivity contribution in [3.8, 4) is 11.3 Å². The molecule has 1 aromatic carbocycles. The fourth-order valence-corrected chi connectivity index (χ4v) is 2.50. The van der Waals surface area contributed by atoms with E-state index in [4.69, 9.17) is 9.62 Å². The van der Waals surface area contributed by atoms with E-state index in [0.29, 0.717) is 5.76 Å². The minimum absolute atomic E-state index is 0.0705. The highest BCUT2D eigenvalue weighted by Crippen LogP contribution is 2.22. The topological polar surface area (TPSA) is 92.3 Å². The lowest BCUT2D eigenvalue weighted by Gasteiger charge is -2.06. The smallest absolute Gasteiger partial charge is 0.310 e. The van der Waals surface area contributed by atoms with Crippen molar-refractivity contribution in [2.45, 2.75) is 19.5 Å². The Labute approximate surface area is 145 Å². The zero-order valence-corrected chi connectivity index (χ0v) is 13.7. The molecule has 0 atom stereocenters. The SMILES string of the molecule is O=C(NO)c1ccc(-c2ccc(CNCCCn3ccnc3)cc2)o1. The molecule has 0 aliphatic carbocycles. The number of furan rings is 1. The van der Waals surface area contributed by atoms with E-state index < -0.39 is 5.91 Å². The number of amides is 1.